The smallest absolute Gasteiger partial charge is 0.129 e. The summed E-state index contributed by atoms with van der Waals surface area (Å²) >= 11 is 5.83. The monoisotopic (exact) mass is 462 g/mol. The standard InChI is InChI=1S/C12H17ClN2.C12H18N2O.2CH4/c1-10-7-11(9-13)14-12(8-10)15-5-3-2-4-6-15;1-10-7-11(9-15)13-12(8-10)14-5-3-2-4-6-14;;/h7-8H,2-6,9H2,1H3;7-8,15H,2-6,9H2,1H3;2*1H4. The molecule has 32 heavy (non-hydrogen) atoms. The molecular weight excluding hydrogens is 420 g/mol. The van der Waals surface area contributed by atoms with Crippen molar-refractivity contribution in [3.8, 4) is 0 Å². The van der Waals surface area contributed by atoms with Crippen LogP contribution in [-0.2, 0) is 12.5 Å². The highest BCUT2D eigenvalue weighted by molar-refractivity contribution is 6.16. The summed E-state index contributed by atoms with van der Waals surface area (Å²) in [5, 5.41) is 9.10. The summed E-state index contributed by atoms with van der Waals surface area (Å²) in [7, 11) is 0. The molecule has 6 heteroatoms. The van der Waals surface area contributed by atoms with Crippen molar-refractivity contribution >= 4 is 23.2 Å². The van der Waals surface area contributed by atoms with Gasteiger partial charge in [0.25, 0.3) is 0 Å². The summed E-state index contributed by atoms with van der Waals surface area (Å²) in [6.07, 6.45) is 7.76. The van der Waals surface area contributed by atoms with Crippen LogP contribution in [0.5, 0.6) is 0 Å². The molecule has 0 saturated carbocycles. The number of hydrogen-bond donors (Lipinski definition) is 1. The van der Waals surface area contributed by atoms with Crippen molar-refractivity contribution in [3.63, 3.8) is 0 Å². The van der Waals surface area contributed by atoms with Crippen molar-refractivity contribution in [2.24, 2.45) is 0 Å². The molecule has 0 aromatic carbocycles. The number of aliphatic hydroxyl groups is 1. The van der Waals surface area contributed by atoms with E-state index in [-0.39, 0.29) is 21.5 Å². The van der Waals surface area contributed by atoms with Gasteiger partial charge in [0.15, 0.2) is 0 Å². The lowest BCUT2D eigenvalue weighted by Gasteiger charge is -2.28. The minimum absolute atomic E-state index is 0. The van der Waals surface area contributed by atoms with Gasteiger partial charge < -0.3 is 14.9 Å². The fourth-order valence-electron chi connectivity index (χ4n) is 4.16. The van der Waals surface area contributed by atoms with E-state index >= 15 is 0 Å². The Hall–Kier alpha value is -1.85. The maximum Gasteiger partial charge on any atom is 0.129 e. The molecule has 2 aliphatic heterocycles. The molecule has 1 N–H and O–H groups in total. The number of aromatic nitrogens is 2. The quantitative estimate of drug-likeness (QED) is 0.543. The Kier molecular flexibility index (Phi) is 12.6. The molecule has 2 aliphatic rings. The summed E-state index contributed by atoms with van der Waals surface area (Å²) in [5.74, 6) is 2.63. The first-order valence-electron chi connectivity index (χ1n) is 11.2. The number of hydrogen-bond acceptors (Lipinski definition) is 5. The highest BCUT2D eigenvalue weighted by Crippen LogP contribution is 2.21. The van der Waals surface area contributed by atoms with Crippen LogP contribution in [0.3, 0.4) is 0 Å². The third-order valence-electron chi connectivity index (χ3n) is 5.68. The van der Waals surface area contributed by atoms with Crippen molar-refractivity contribution in [1.29, 1.82) is 0 Å². The van der Waals surface area contributed by atoms with Crippen LogP contribution in [0.1, 0.15) is 75.9 Å². The maximum absolute atomic E-state index is 9.10. The molecule has 180 valence electrons. The number of alkyl halides is 1. The van der Waals surface area contributed by atoms with Crippen LogP contribution < -0.4 is 9.80 Å². The molecule has 5 nitrogen and oxygen atoms in total. The van der Waals surface area contributed by atoms with Gasteiger partial charge in [-0.3, -0.25) is 0 Å². The highest BCUT2D eigenvalue weighted by Gasteiger charge is 2.13. The Bertz CT molecular complexity index is 735. The van der Waals surface area contributed by atoms with E-state index in [1.54, 1.807) is 0 Å². The number of piperidine rings is 2. The zero-order valence-corrected chi connectivity index (χ0v) is 19.2. The Balaban J connectivity index is 0.000000301. The van der Waals surface area contributed by atoms with Crippen LogP contribution in [0.25, 0.3) is 0 Å². The van der Waals surface area contributed by atoms with E-state index in [1.807, 2.05) is 13.0 Å². The van der Waals surface area contributed by atoms with Crippen molar-refractivity contribution in [2.45, 2.75) is 79.7 Å². The van der Waals surface area contributed by atoms with Gasteiger partial charge in [-0.1, -0.05) is 14.9 Å². The molecule has 0 aliphatic carbocycles. The summed E-state index contributed by atoms with van der Waals surface area (Å²) in [6, 6.07) is 8.25. The first-order chi connectivity index (χ1) is 14.6. The molecule has 2 fully saturated rings. The zero-order chi connectivity index (χ0) is 21.3. The minimum Gasteiger partial charge on any atom is -0.390 e. The predicted molar refractivity (Wildman–Crippen MR) is 139 cm³/mol. The van der Waals surface area contributed by atoms with Gasteiger partial charge in [0.05, 0.1) is 23.9 Å². The Morgan fingerprint density at radius 1 is 0.719 bits per heavy atom. The van der Waals surface area contributed by atoms with Gasteiger partial charge in [-0.25, -0.2) is 9.97 Å². The lowest BCUT2D eigenvalue weighted by molar-refractivity contribution is 0.277. The molecule has 0 bridgehead atoms. The Morgan fingerprint density at radius 3 is 1.53 bits per heavy atom. The van der Waals surface area contributed by atoms with Crippen LogP contribution in [0.2, 0.25) is 0 Å². The van der Waals surface area contributed by atoms with E-state index in [0.717, 1.165) is 49.2 Å². The molecule has 2 aromatic heterocycles. The van der Waals surface area contributed by atoms with Crippen LogP contribution >= 0.6 is 11.6 Å². The predicted octanol–water partition coefficient (Wildman–Crippen LogP) is 6.26. The number of nitrogens with zero attached hydrogens (tertiary/aromatic N) is 4. The molecule has 4 rings (SSSR count). The van der Waals surface area contributed by atoms with E-state index in [9.17, 15) is 0 Å². The summed E-state index contributed by atoms with van der Waals surface area (Å²) in [5.41, 5.74) is 4.18. The van der Waals surface area contributed by atoms with Crippen molar-refractivity contribution < 1.29 is 5.11 Å². The van der Waals surface area contributed by atoms with Crippen LogP contribution in [0, 0.1) is 13.8 Å². The van der Waals surface area contributed by atoms with E-state index < -0.39 is 0 Å². The third kappa shape index (κ3) is 8.25. The molecule has 0 spiro atoms. The van der Waals surface area contributed by atoms with Gasteiger partial charge in [-0.2, -0.15) is 0 Å². The highest BCUT2D eigenvalue weighted by atomic mass is 35.5. The molecule has 0 unspecified atom stereocenters. The van der Waals surface area contributed by atoms with Gasteiger partial charge >= 0.3 is 0 Å². The molecular formula is C26H43ClN4O. The number of halogens is 1. The number of pyridine rings is 2. The number of anilines is 2. The maximum atomic E-state index is 9.10. The minimum atomic E-state index is 0. The van der Waals surface area contributed by atoms with Crippen LogP contribution in [0.15, 0.2) is 24.3 Å². The van der Waals surface area contributed by atoms with E-state index in [1.165, 1.54) is 49.7 Å². The molecule has 0 atom stereocenters. The van der Waals surface area contributed by atoms with Gasteiger partial charge in [-0.15, -0.1) is 11.6 Å². The lowest BCUT2D eigenvalue weighted by atomic mass is 10.1. The fourth-order valence-corrected chi connectivity index (χ4v) is 4.30. The first kappa shape index (κ1) is 28.2. The van der Waals surface area contributed by atoms with Crippen LogP contribution in [-0.4, -0.2) is 41.3 Å². The van der Waals surface area contributed by atoms with Crippen LogP contribution in [0.4, 0.5) is 11.6 Å². The second-order valence-corrected chi connectivity index (χ2v) is 8.64. The van der Waals surface area contributed by atoms with E-state index in [2.05, 4.69) is 44.9 Å². The molecule has 0 amide bonds. The van der Waals surface area contributed by atoms with Crippen molar-refractivity contribution in [3.05, 3.63) is 46.8 Å². The summed E-state index contributed by atoms with van der Waals surface area (Å²) in [6.45, 7) is 8.65. The topological polar surface area (TPSA) is 52.5 Å². The normalized spacial score (nSPS) is 15.8. The lowest BCUT2D eigenvalue weighted by Crippen LogP contribution is -2.30. The second kappa shape index (κ2) is 14.3. The average Bonchev–Trinajstić information content (AvgIpc) is 2.80. The van der Waals surface area contributed by atoms with Crippen molar-refractivity contribution in [2.75, 3.05) is 36.0 Å². The van der Waals surface area contributed by atoms with E-state index in [0.29, 0.717) is 5.88 Å². The van der Waals surface area contributed by atoms with E-state index in [4.69, 9.17) is 16.7 Å². The Morgan fingerprint density at radius 2 is 1.12 bits per heavy atom. The second-order valence-electron chi connectivity index (χ2n) is 8.38. The Labute approximate surface area is 200 Å². The summed E-state index contributed by atoms with van der Waals surface area (Å²) in [4.78, 5) is 13.7. The van der Waals surface area contributed by atoms with Gasteiger partial charge in [0.2, 0.25) is 0 Å². The fraction of sp³-hybridized carbons (Fsp3) is 0.615. The number of aryl methyl sites for hydroxylation is 2. The number of aliphatic hydroxyl groups excluding tert-OH is 1. The van der Waals surface area contributed by atoms with Gasteiger partial charge in [0, 0.05) is 26.2 Å². The number of rotatable bonds is 4. The van der Waals surface area contributed by atoms with Crippen molar-refractivity contribution in [1.82, 2.24) is 9.97 Å². The zero-order valence-electron chi connectivity index (χ0n) is 18.4. The van der Waals surface area contributed by atoms with Gasteiger partial charge in [0.1, 0.15) is 11.6 Å². The summed E-state index contributed by atoms with van der Waals surface area (Å²) < 4.78 is 0. The molecule has 0 radical (unpaired) electrons. The molecule has 4 heterocycles. The average molecular weight is 463 g/mol. The molecule has 2 aromatic rings. The SMILES string of the molecule is C.C.Cc1cc(CCl)nc(N2CCCCC2)c1.Cc1cc(CO)nc(N2CCCCC2)c1. The largest absolute Gasteiger partial charge is 0.390 e. The van der Waals surface area contributed by atoms with Gasteiger partial charge in [-0.05, 0) is 87.8 Å². The first-order valence-corrected chi connectivity index (χ1v) is 11.7. The third-order valence-corrected chi connectivity index (χ3v) is 5.95. The molecule has 2 saturated heterocycles.